The Morgan fingerprint density at radius 1 is 1.00 bits per heavy atom. The smallest absolute Gasteiger partial charge is 0.286 e. The lowest BCUT2D eigenvalue weighted by molar-refractivity contribution is 0.0837. The van der Waals surface area contributed by atoms with Gasteiger partial charge in [0.05, 0.1) is 0 Å². The van der Waals surface area contributed by atoms with Crippen molar-refractivity contribution in [3.8, 4) is 0 Å². The maximum Gasteiger partial charge on any atom is 0.286 e. The highest BCUT2D eigenvalue weighted by Crippen LogP contribution is 2.19. The average Bonchev–Trinajstić information content (AvgIpc) is 3.15. The summed E-state index contributed by atoms with van der Waals surface area (Å²) in [5, 5.41) is 0.994. The first-order chi connectivity index (χ1) is 11.1. The number of aromatic nitrogens is 2. The third-order valence-corrected chi connectivity index (χ3v) is 3.83. The van der Waals surface area contributed by atoms with Gasteiger partial charge in [-0.25, -0.2) is 0 Å². The Morgan fingerprint density at radius 3 is 2.35 bits per heavy atom. The van der Waals surface area contributed by atoms with Crippen LogP contribution in [0.3, 0.4) is 0 Å². The zero-order chi connectivity index (χ0) is 16.4. The van der Waals surface area contributed by atoms with Crippen molar-refractivity contribution in [2.24, 2.45) is 7.05 Å². The number of nitrogens with one attached hydrogen (secondary N) is 2. The van der Waals surface area contributed by atoms with E-state index < -0.39 is 0 Å². The summed E-state index contributed by atoms with van der Waals surface area (Å²) in [4.78, 5) is 24.4. The Hall–Kier alpha value is -3.02. The number of hydrogen-bond donors (Lipinski definition) is 2. The standard InChI is InChI=1S/C17H18N4O2/c1-3-21-13-8-5-4-7-12(13)11-15(21)17(23)19-18-16(22)14-9-6-10-20(14)2/h4-11H,3H2,1-2H3,(H,18,22)(H,19,23). The number of carbonyl (C=O) groups is 2. The van der Waals surface area contributed by atoms with E-state index in [0.717, 1.165) is 10.9 Å². The molecule has 1 aromatic carbocycles. The predicted octanol–water partition coefficient (Wildman–Crippen LogP) is 2.07. The van der Waals surface area contributed by atoms with Gasteiger partial charge in [0.15, 0.2) is 0 Å². The molecule has 0 saturated carbocycles. The maximum atomic E-state index is 12.4. The molecule has 0 aliphatic heterocycles. The second kappa shape index (κ2) is 6.00. The Bertz CT molecular complexity index is 876. The topological polar surface area (TPSA) is 68.1 Å². The van der Waals surface area contributed by atoms with Gasteiger partial charge in [-0.2, -0.15) is 0 Å². The lowest BCUT2D eigenvalue weighted by Gasteiger charge is -2.10. The Labute approximate surface area is 133 Å². The van der Waals surface area contributed by atoms with Crippen LogP contribution in [0.2, 0.25) is 0 Å². The highest BCUT2D eigenvalue weighted by Gasteiger charge is 2.16. The number of carbonyl (C=O) groups excluding carboxylic acids is 2. The van der Waals surface area contributed by atoms with Crippen molar-refractivity contribution in [2.75, 3.05) is 0 Å². The minimum Gasteiger partial charge on any atom is -0.347 e. The van der Waals surface area contributed by atoms with Crippen molar-refractivity contribution < 1.29 is 9.59 Å². The molecule has 2 N–H and O–H groups in total. The van der Waals surface area contributed by atoms with Gasteiger partial charge in [0, 0.05) is 30.7 Å². The van der Waals surface area contributed by atoms with E-state index in [1.165, 1.54) is 0 Å². The van der Waals surface area contributed by atoms with Crippen molar-refractivity contribution in [1.29, 1.82) is 0 Å². The molecule has 23 heavy (non-hydrogen) atoms. The van der Waals surface area contributed by atoms with Crippen molar-refractivity contribution in [1.82, 2.24) is 20.0 Å². The van der Waals surface area contributed by atoms with E-state index in [9.17, 15) is 9.59 Å². The van der Waals surface area contributed by atoms with Crippen LogP contribution in [0, 0.1) is 0 Å². The average molecular weight is 310 g/mol. The van der Waals surface area contributed by atoms with Crippen molar-refractivity contribution in [2.45, 2.75) is 13.5 Å². The van der Waals surface area contributed by atoms with Crippen LogP contribution < -0.4 is 10.9 Å². The first kappa shape index (κ1) is 14.9. The Balaban J connectivity index is 1.79. The van der Waals surface area contributed by atoms with Gasteiger partial charge < -0.3 is 9.13 Å². The molecule has 6 heteroatoms. The number of hydrogen-bond acceptors (Lipinski definition) is 2. The summed E-state index contributed by atoms with van der Waals surface area (Å²) in [5.74, 6) is -0.699. The van der Waals surface area contributed by atoms with Gasteiger partial charge in [0.2, 0.25) is 0 Å². The third kappa shape index (κ3) is 2.70. The first-order valence-corrected chi connectivity index (χ1v) is 7.42. The molecule has 3 aromatic rings. The molecule has 0 atom stereocenters. The third-order valence-electron chi connectivity index (χ3n) is 3.83. The predicted molar refractivity (Wildman–Crippen MR) is 88.0 cm³/mol. The molecule has 0 spiro atoms. The summed E-state index contributed by atoms with van der Waals surface area (Å²) >= 11 is 0. The Kier molecular flexibility index (Phi) is 3.89. The maximum absolute atomic E-state index is 12.4. The number of fused-ring (bicyclic) bond motifs is 1. The minimum atomic E-state index is -0.356. The number of para-hydroxylation sites is 1. The summed E-state index contributed by atoms with van der Waals surface area (Å²) < 4.78 is 3.60. The summed E-state index contributed by atoms with van der Waals surface area (Å²) in [7, 11) is 1.77. The van der Waals surface area contributed by atoms with E-state index >= 15 is 0 Å². The SMILES string of the molecule is CCn1c(C(=O)NNC(=O)c2cccn2C)cc2ccccc21. The molecule has 2 amide bonds. The zero-order valence-electron chi connectivity index (χ0n) is 13.0. The largest absolute Gasteiger partial charge is 0.347 e. The fourth-order valence-electron chi connectivity index (χ4n) is 2.68. The van der Waals surface area contributed by atoms with E-state index in [1.54, 1.807) is 29.9 Å². The number of amides is 2. The van der Waals surface area contributed by atoms with Crippen molar-refractivity contribution >= 4 is 22.7 Å². The quantitative estimate of drug-likeness (QED) is 0.727. The van der Waals surface area contributed by atoms with Crippen LogP contribution in [-0.2, 0) is 13.6 Å². The Morgan fingerprint density at radius 2 is 1.70 bits per heavy atom. The molecule has 0 aliphatic rings. The molecular weight excluding hydrogens is 292 g/mol. The van der Waals surface area contributed by atoms with Crippen LogP contribution in [-0.4, -0.2) is 20.9 Å². The van der Waals surface area contributed by atoms with Crippen LogP contribution in [0.1, 0.15) is 27.9 Å². The van der Waals surface area contributed by atoms with Crippen LogP contribution in [0.5, 0.6) is 0 Å². The molecule has 118 valence electrons. The summed E-state index contributed by atoms with van der Waals surface area (Å²) in [6.45, 7) is 2.65. The van der Waals surface area contributed by atoms with Gasteiger partial charge in [-0.05, 0) is 31.2 Å². The van der Waals surface area contributed by atoms with Crippen molar-refractivity contribution in [3.05, 3.63) is 60.0 Å². The lowest BCUT2D eigenvalue weighted by Crippen LogP contribution is -2.42. The summed E-state index contributed by atoms with van der Waals surface area (Å²) in [5.41, 5.74) is 6.91. The molecule has 0 unspecified atom stereocenters. The number of benzene rings is 1. The monoisotopic (exact) mass is 310 g/mol. The molecule has 6 nitrogen and oxygen atoms in total. The van der Waals surface area contributed by atoms with Gasteiger partial charge in [0.1, 0.15) is 11.4 Å². The van der Waals surface area contributed by atoms with E-state index in [4.69, 9.17) is 0 Å². The van der Waals surface area contributed by atoms with Crippen LogP contribution >= 0.6 is 0 Å². The molecule has 0 bridgehead atoms. The van der Waals surface area contributed by atoms with Gasteiger partial charge in [0.25, 0.3) is 11.8 Å². The molecular formula is C17H18N4O2. The van der Waals surface area contributed by atoms with Crippen LogP contribution in [0.4, 0.5) is 0 Å². The van der Waals surface area contributed by atoms with Gasteiger partial charge in [-0.1, -0.05) is 18.2 Å². The molecule has 0 aliphatic carbocycles. The second-order valence-corrected chi connectivity index (χ2v) is 5.25. The van der Waals surface area contributed by atoms with Gasteiger partial charge in [-0.15, -0.1) is 0 Å². The van der Waals surface area contributed by atoms with Crippen LogP contribution in [0.15, 0.2) is 48.7 Å². The molecule has 3 rings (SSSR count). The molecule has 0 radical (unpaired) electrons. The number of aryl methyl sites for hydroxylation is 2. The number of rotatable bonds is 3. The van der Waals surface area contributed by atoms with E-state index in [-0.39, 0.29) is 11.8 Å². The summed E-state index contributed by atoms with van der Waals surface area (Å²) in [6, 6.07) is 13.1. The van der Waals surface area contributed by atoms with Crippen LogP contribution in [0.25, 0.3) is 10.9 Å². The van der Waals surface area contributed by atoms with E-state index in [1.807, 2.05) is 41.8 Å². The molecule has 2 heterocycles. The zero-order valence-corrected chi connectivity index (χ0v) is 13.0. The first-order valence-electron chi connectivity index (χ1n) is 7.42. The highest BCUT2D eigenvalue weighted by atomic mass is 16.2. The van der Waals surface area contributed by atoms with E-state index in [2.05, 4.69) is 10.9 Å². The van der Waals surface area contributed by atoms with Crippen molar-refractivity contribution in [3.63, 3.8) is 0 Å². The highest BCUT2D eigenvalue weighted by molar-refractivity contribution is 6.01. The number of nitrogens with zero attached hydrogens (tertiary/aromatic N) is 2. The molecule has 0 fully saturated rings. The lowest BCUT2D eigenvalue weighted by atomic mass is 10.2. The molecule has 2 aromatic heterocycles. The minimum absolute atomic E-state index is 0.342. The normalized spacial score (nSPS) is 10.7. The molecule has 0 saturated heterocycles. The second-order valence-electron chi connectivity index (χ2n) is 5.25. The fraction of sp³-hybridized carbons (Fsp3) is 0.176. The summed E-state index contributed by atoms with van der Waals surface area (Å²) in [6.07, 6.45) is 1.77. The van der Waals surface area contributed by atoms with Gasteiger partial charge >= 0.3 is 0 Å². The van der Waals surface area contributed by atoms with Gasteiger partial charge in [-0.3, -0.25) is 20.4 Å². The van der Waals surface area contributed by atoms with E-state index in [0.29, 0.717) is 17.9 Å². The number of hydrazine groups is 1. The fourth-order valence-corrected chi connectivity index (χ4v) is 2.68.